The topological polar surface area (TPSA) is 34.1 Å². The van der Waals surface area contributed by atoms with Crippen LogP contribution in [-0.4, -0.2) is 11.5 Å². The maximum absolute atomic E-state index is 5.92. The van der Waals surface area contributed by atoms with Gasteiger partial charge in [0.1, 0.15) is 12.4 Å². The third kappa shape index (κ3) is 4.62. The van der Waals surface area contributed by atoms with Gasteiger partial charge in [-0.2, -0.15) is 0 Å². The number of nitrogens with one attached hydrogen (secondary N) is 1. The van der Waals surface area contributed by atoms with Crippen molar-refractivity contribution in [3.63, 3.8) is 0 Å². The van der Waals surface area contributed by atoms with Gasteiger partial charge in [-0.15, -0.1) is 0 Å². The van der Waals surface area contributed by atoms with E-state index in [1.165, 1.54) is 5.56 Å². The second-order valence-corrected chi connectivity index (χ2v) is 5.49. The Kier molecular flexibility index (Phi) is 6.02. The molecule has 1 aromatic heterocycles. The van der Waals surface area contributed by atoms with E-state index < -0.39 is 0 Å². The van der Waals surface area contributed by atoms with E-state index in [0.717, 1.165) is 35.3 Å². The molecule has 106 valence electrons. The number of hydrogen-bond acceptors (Lipinski definition) is 3. The first kappa shape index (κ1) is 15.0. The highest BCUT2D eigenvalue weighted by Crippen LogP contribution is 2.24. The Labute approximate surface area is 128 Å². The third-order valence-corrected chi connectivity index (χ3v) is 3.40. The molecule has 4 heteroatoms. The van der Waals surface area contributed by atoms with Crippen molar-refractivity contribution in [1.82, 2.24) is 10.3 Å². The molecule has 0 radical (unpaired) electrons. The highest BCUT2D eigenvalue weighted by Gasteiger charge is 2.05. The predicted octanol–water partition coefficient (Wildman–Crippen LogP) is 3.92. The second-order valence-electron chi connectivity index (χ2n) is 4.57. The van der Waals surface area contributed by atoms with Crippen LogP contribution in [0.3, 0.4) is 0 Å². The Hall–Kier alpha value is -1.39. The zero-order valence-electron chi connectivity index (χ0n) is 11.6. The fraction of sp³-hybridized carbons (Fsp3) is 0.312. The minimum absolute atomic E-state index is 0.560. The van der Waals surface area contributed by atoms with Crippen molar-refractivity contribution < 1.29 is 4.74 Å². The van der Waals surface area contributed by atoms with Crippen LogP contribution in [0.2, 0.25) is 0 Å². The highest BCUT2D eigenvalue weighted by molar-refractivity contribution is 9.10. The Morgan fingerprint density at radius 2 is 2.00 bits per heavy atom. The average molecular weight is 335 g/mol. The van der Waals surface area contributed by atoms with Gasteiger partial charge in [0.2, 0.25) is 0 Å². The predicted molar refractivity (Wildman–Crippen MR) is 84.7 cm³/mol. The molecule has 2 rings (SSSR count). The van der Waals surface area contributed by atoms with Crippen molar-refractivity contribution in [3.8, 4) is 5.75 Å². The van der Waals surface area contributed by atoms with E-state index in [4.69, 9.17) is 4.74 Å². The molecule has 2 aromatic rings. The first-order valence-electron chi connectivity index (χ1n) is 6.80. The van der Waals surface area contributed by atoms with Crippen molar-refractivity contribution in [2.45, 2.75) is 26.5 Å². The summed E-state index contributed by atoms with van der Waals surface area (Å²) in [4.78, 5) is 4.01. The first-order valence-corrected chi connectivity index (χ1v) is 7.59. The fourth-order valence-electron chi connectivity index (χ4n) is 1.87. The summed E-state index contributed by atoms with van der Waals surface area (Å²) in [7, 11) is 0. The number of aromatic nitrogens is 1. The first-order chi connectivity index (χ1) is 9.79. The van der Waals surface area contributed by atoms with Crippen molar-refractivity contribution in [2.24, 2.45) is 0 Å². The molecule has 0 spiro atoms. The minimum Gasteiger partial charge on any atom is -0.489 e. The van der Waals surface area contributed by atoms with E-state index in [1.54, 1.807) is 12.4 Å². The van der Waals surface area contributed by atoms with Crippen LogP contribution >= 0.6 is 15.9 Å². The molecule has 0 amide bonds. The average Bonchev–Trinajstić information content (AvgIpc) is 2.48. The van der Waals surface area contributed by atoms with Gasteiger partial charge in [-0.3, -0.25) is 4.98 Å². The Morgan fingerprint density at radius 1 is 1.20 bits per heavy atom. The summed E-state index contributed by atoms with van der Waals surface area (Å²) in [6.45, 7) is 4.55. The smallest absolute Gasteiger partial charge is 0.124 e. The highest BCUT2D eigenvalue weighted by atomic mass is 79.9. The van der Waals surface area contributed by atoms with Crippen LogP contribution in [0.5, 0.6) is 5.75 Å². The molecule has 0 saturated heterocycles. The lowest BCUT2D eigenvalue weighted by Gasteiger charge is -2.12. The third-order valence-electron chi connectivity index (χ3n) is 2.91. The minimum atomic E-state index is 0.560. The van der Waals surface area contributed by atoms with E-state index in [9.17, 15) is 0 Å². The summed E-state index contributed by atoms with van der Waals surface area (Å²) in [5, 5.41) is 3.41. The van der Waals surface area contributed by atoms with Crippen LogP contribution in [0.4, 0.5) is 0 Å². The quantitative estimate of drug-likeness (QED) is 0.779. The lowest BCUT2D eigenvalue weighted by molar-refractivity contribution is 0.302. The van der Waals surface area contributed by atoms with Crippen LogP contribution in [0.1, 0.15) is 24.5 Å². The SMILES string of the molecule is CCCNCc1cc(Br)ccc1OCc1ccncc1. The van der Waals surface area contributed by atoms with Gasteiger partial charge in [0.25, 0.3) is 0 Å². The second kappa shape index (κ2) is 8.02. The number of ether oxygens (including phenoxy) is 1. The molecule has 0 aliphatic heterocycles. The van der Waals surface area contributed by atoms with E-state index in [1.807, 2.05) is 24.3 Å². The summed E-state index contributed by atoms with van der Waals surface area (Å²) >= 11 is 3.51. The summed E-state index contributed by atoms with van der Waals surface area (Å²) < 4.78 is 6.99. The summed E-state index contributed by atoms with van der Waals surface area (Å²) in [5.41, 5.74) is 2.29. The van der Waals surface area contributed by atoms with Gasteiger partial charge < -0.3 is 10.1 Å². The summed E-state index contributed by atoms with van der Waals surface area (Å²) in [6.07, 6.45) is 4.69. The molecule has 0 aliphatic rings. The summed E-state index contributed by atoms with van der Waals surface area (Å²) in [6, 6.07) is 10.0. The van der Waals surface area contributed by atoms with Gasteiger partial charge in [0, 0.05) is 29.0 Å². The maximum Gasteiger partial charge on any atom is 0.124 e. The lowest BCUT2D eigenvalue weighted by atomic mass is 10.2. The molecule has 0 unspecified atom stereocenters. The number of rotatable bonds is 7. The molecule has 0 fully saturated rings. The van der Waals surface area contributed by atoms with E-state index >= 15 is 0 Å². The zero-order chi connectivity index (χ0) is 14.2. The van der Waals surface area contributed by atoms with Gasteiger partial charge in [0.15, 0.2) is 0 Å². The Bertz CT molecular complexity index is 531. The maximum atomic E-state index is 5.92. The van der Waals surface area contributed by atoms with Gasteiger partial charge in [-0.25, -0.2) is 0 Å². The monoisotopic (exact) mass is 334 g/mol. The normalized spacial score (nSPS) is 10.5. The molecule has 1 heterocycles. The van der Waals surface area contributed by atoms with Gasteiger partial charge in [-0.1, -0.05) is 22.9 Å². The number of benzene rings is 1. The molecule has 20 heavy (non-hydrogen) atoms. The van der Waals surface area contributed by atoms with Gasteiger partial charge >= 0.3 is 0 Å². The van der Waals surface area contributed by atoms with Gasteiger partial charge in [-0.05, 0) is 48.9 Å². The molecule has 0 saturated carbocycles. The molecule has 1 N–H and O–H groups in total. The largest absolute Gasteiger partial charge is 0.489 e. The number of nitrogens with zero attached hydrogens (tertiary/aromatic N) is 1. The van der Waals surface area contributed by atoms with E-state index in [2.05, 4.69) is 39.2 Å². The molecule has 0 atom stereocenters. The molecule has 3 nitrogen and oxygen atoms in total. The van der Waals surface area contributed by atoms with Crippen molar-refractivity contribution >= 4 is 15.9 Å². The molecule has 0 aliphatic carbocycles. The van der Waals surface area contributed by atoms with E-state index in [0.29, 0.717) is 6.61 Å². The lowest BCUT2D eigenvalue weighted by Crippen LogP contribution is -2.14. The van der Waals surface area contributed by atoms with Crippen LogP contribution in [-0.2, 0) is 13.2 Å². The molecular weight excluding hydrogens is 316 g/mol. The van der Waals surface area contributed by atoms with Crippen molar-refractivity contribution in [1.29, 1.82) is 0 Å². The fourth-order valence-corrected chi connectivity index (χ4v) is 2.28. The van der Waals surface area contributed by atoms with Crippen molar-refractivity contribution in [3.05, 3.63) is 58.3 Å². The van der Waals surface area contributed by atoms with Crippen LogP contribution in [0.15, 0.2) is 47.2 Å². The Balaban J connectivity index is 2.02. The summed E-state index contributed by atoms with van der Waals surface area (Å²) in [5.74, 6) is 0.925. The number of pyridine rings is 1. The molecule has 1 aromatic carbocycles. The van der Waals surface area contributed by atoms with Crippen LogP contribution in [0, 0.1) is 0 Å². The zero-order valence-corrected chi connectivity index (χ0v) is 13.2. The standard InChI is InChI=1S/C16H19BrN2O/c1-2-7-19-11-14-10-15(17)3-4-16(14)20-12-13-5-8-18-9-6-13/h3-6,8-10,19H,2,7,11-12H2,1H3. The number of halogens is 1. The molecule has 0 bridgehead atoms. The van der Waals surface area contributed by atoms with Crippen LogP contribution < -0.4 is 10.1 Å². The molecular formula is C16H19BrN2O. The number of hydrogen-bond donors (Lipinski definition) is 1. The Morgan fingerprint density at radius 3 is 2.75 bits per heavy atom. The van der Waals surface area contributed by atoms with Crippen molar-refractivity contribution in [2.75, 3.05) is 6.54 Å². The van der Waals surface area contributed by atoms with E-state index in [-0.39, 0.29) is 0 Å². The van der Waals surface area contributed by atoms with Gasteiger partial charge in [0.05, 0.1) is 0 Å². The van der Waals surface area contributed by atoms with Crippen LogP contribution in [0.25, 0.3) is 0 Å².